The van der Waals surface area contributed by atoms with Crippen molar-refractivity contribution in [3.8, 4) is 11.8 Å². The average Bonchev–Trinajstić information content (AvgIpc) is 2.46. The molecule has 0 amide bonds. The smallest absolute Gasteiger partial charge is 0.115 e. The molecule has 0 fully saturated rings. The lowest BCUT2D eigenvalue weighted by molar-refractivity contribution is 0.475. The number of nitrogens with zero attached hydrogens (tertiary/aromatic N) is 1. The van der Waals surface area contributed by atoms with E-state index in [0.29, 0.717) is 0 Å². The third kappa shape index (κ3) is 4.03. The van der Waals surface area contributed by atoms with Crippen LogP contribution in [-0.4, -0.2) is 5.11 Å². The number of aryl methyl sites for hydroxylation is 1. The molecule has 0 atom stereocenters. The lowest BCUT2D eigenvalue weighted by Gasteiger charge is -2.18. The summed E-state index contributed by atoms with van der Waals surface area (Å²) in [6, 6.07) is 15.9. The Labute approximate surface area is 130 Å². The van der Waals surface area contributed by atoms with E-state index in [-0.39, 0.29) is 5.75 Å². The molecule has 0 saturated carbocycles. The summed E-state index contributed by atoms with van der Waals surface area (Å²) in [5.74, 6) is 1.13. The molecule has 2 nitrogen and oxygen atoms in total. The van der Waals surface area contributed by atoms with Crippen LogP contribution in [0, 0.1) is 18.3 Å². The molecule has 2 aromatic carbocycles. The molecular formula is C18H19NOS. The maximum atomic E-state index is 9.29. The second kappa shape index (κ2) is 6.24. The van der Waals surface area contributed by atoms with Crippen LogP contribution in [0.3, 0.4) is 0 Å². The second-order valence-corrected chi connectivity index (χ2v) is 6.78. The number of aromatic hydroxyl groups is 1. The number of thioether (sulfide) groups is 1. The van der Waals surface area contributed by atoms with Crippen molar-refractivity contribution in [3.63, 3.8) is 0 Å². The molecule has 0 aliphatic rings. The van der Waals surface area contributed by atoms with Crippen molar-refractivity contribution in [2.75, 3.05) is 0 Å². The van der Waals surface area contributed by atoms with Gasteiger partial charge in [0.05, 0.1) is 11.5 Å². The highest BCUT2D eigenvalue weighted by Gasteiger charge is 2.20. The summed E-state index contributed by atoms with van der Waals surface area (Å²) < 4.78 is 0. The van der Waals surface area contributed by atoms with Crippen molar-refractivity contribution < 1.29 is 5.11 Å². The first-order valence-electron chi connectivity index (χ1n) is 6.85. The summed E-state index contributed by atoms with van der Waals surface area (Å²) >= 11 is 1.72. The van der Waals surface area contributed by atoms with Gasteiger partial charge < -0.3 is 5.11 Å². The number of hydrogen-bond acceptors (Lipinski definition) is 3. The molecule has 0 heterocycles. The summed E-state index contributed by atoms with van der Waals surface area (Å²) in [6.45, 7) is 5.95. The minimum Gasteiger partial charge on any atom is -0.508 e. The molecule has 0 aliphatic heterocycles. The number of phenolic OH excluding ortho intramolecular Hbond substituents is 1. The van der Waals surface area contributed by atoms with Crippen molar-refractivity contribution >= 4 is 11.8 Å². The van der Waals surface area contributed by atoms with Crippen LogP contribution in [-0.2, 0) is 11.2 Å². The molecule has 21 heavy (non-hydrogen) atoms. The summed E-state index contributed by atoms with van der Waals surface area (Å²) in [4.78, 5) is 1.12. The molecule has 0 aromatic heterocycles. The third-order valence-corrected chi connectivity index (χ3v) is 4.46. The van der Waals surface area contributed by atoms with Gasteiger partial charge in [-0.2, -0.15) is 5.26 Å². The zero-order chi connectivity index (χ0) is 15.5. The van der Waals surface area contributed by atoms with Crippen LogP contribution in [0.4, 0.5) is 0 Å². The van der Waals surface area contributed by atoms with Crippen LogP contribution >= 0.6 is 11.8 Å². The lowest BCUT2D eigenvalue weighted by Crippen LogP contribution is -2.14. The zero-order valence-electron chi connectivity index (χ0n) is 12.6. The number of rotatable bonds is 4. The van der Waals surface area contributed by atoms with Gasteiger partial charge in [0, 0.05) is 10.6 Å². The van der Waals surface area contributed by atoms with Gasteiger partial charge in [-0.05, 0) is 56.2 Å². The first-order chi connectivity index (χ1) is 9.90. The van der Waals surface area contributed by atoms with E-state index < -0.39 is 5.41 Å². The van der Waals surface area contributed by atoms with Gasteiger partial charge in [-0.1, -0.05) is 23.8 Å². The molecule has 0 saturated heterocycles. The first kappa shape index (κ1) is 15.5. The van der Waals surface area contributed by atoms with E-state index in [4.69, 9.17) is 0 Å². The Balaban J connectivity index is 2.17. The van der Waals surface area contributed by atoms with Gasteiger partial charge in [0.25, 0.3) is 0 Å². The maximum Gasteiger partial charge on any atom is 0.115 e. The highest BCUT2D eigenvalue weighted by molar-refractivity contribution is 7.98. The van der Waals surface area contributed by atoms with Crippen LogP contribution in [0.2, 0.25) is 0 Å². The fraction of sp³-hybridized carbons (Fsp3) is 0.278. The molecule has 0 unspecified atom stereocenters. The Kier molecular flexibility index (Phi) is 4.59. The normalized spacial score (nSPS) is 11.1. The fourth-order valence-electron chi connectivity index (χ4n) is 2.08. The van der Waals surface area contributed by atoms with Gasteiger partial charge in [-0.3, -0.25) is 0 Å². The van der Waals surface area contributed by atoms with E-state index in [1.807, 2.05) is 26.0 Å². The Hall–Kier alpha value is -1.92. The summed E-state index contributed by atoms with van der Waals surface area (Å²) in [5, 5.41) is 18.6. The van der Waals surface area contributed by atoms with E-state index in [1.165, 1.54) is 11.1 Å². The van der Waals surface area contributed by atoms with Gasteiger partial charge in [0.2, 0.25) is 0 Å². The number of benzene rings is 2. The van der Waals surface area contributed by atoms with Crippen molar-refractivity contribution in [2.24, 2.45) is 0 Å². The molecular weight excluding hydrogens is 278 g/mol. The highest BCUT2D eigenvalue weighted by Crippen LogP contribution is 2.29. The van der Waals surface area contributed by atoms with E-state index in [0.717, 1.165) is 16.2 Å². The van der Waals surface area contributed by atoms with Gasteiger partial charge >= 0.3 is 0 Å². The molecule has 0 spiro atoms. The van der Waals surface area contributed by atoms with Gasteiger partial charge in [-0.25, -0.2) is 0 Å². The summed E-state index contributed by atoms with van der Waals surface area (Å²) in [6.07, 6.45) is 0. The van der Waals surface area contributed by atoms with Crippen molar-refractivity contribution in [1.82, 2.24) is 0 Å². The molecule has 0 radical (unpaired) electrons. The highest BCUT2D eigenvalue weighted by atomic mass is 32.2. The molecule has 1 N–H and O–H groups in total. The Bertz CT molecular complexity index is 669. The molecule has 2 rings (SSSR count). The first-order valence-corrected chi connectivity index (χ1v) is 7.83. The van der Waals surface area contributed by atoms with Crippen molar-refractivity contribution in [1.29, 1.82) is 5.26 Å². The molecule has 2 aromatic rings. The molecule has 0 aliphatic carbocycles. The van der Waals surface area contributed by atoms with Crippen LogP contribution < -0.4 is 0 Å². The van der Waals surface area contributed by atoms with Crippen molar-refractivity contribution in [3.05, 3.63) is 59.2 Å². The minimum atomic E-state index is -0.468. The lowest BCUT2D eigenvalue weighted by atomic mass is 9.85. The van der Waals surface area contributed by atoms with Crippen LogP contribution in [0.1, 0.15) is 30.5 Å². The number of hydrogen-bond donors (Lipinski definition) is 1. The van der Waals surface area contributed by atoms with Gasteiger partial charge in [0.15, 0.2) is 0 Å². The predicted octanol–water partition coefficient (Wildman–Crippen LogP) is 4.79. The van der Waals surface area contributed by atoms with Gasteiger partial charge in [0.1, 0.15) is 5.75 Å². The Morgan fingerprint density at radius 3 is 2.43 bits per heavy atom. The summed E-state index contributed by atoms with van der Waals surface area (Å²) in [5.41, 5.74) is 2.99. The molecule has 108 valence electrons. The predicted molar refractivity (Wildman–Crippen MR) is 87.5 cm³/mol. The van der Waals surface area contributed by atoms with Crippen LogP contribution in [0.15, 0.2) is 47.4 Å². The Morgan fingerprint density at radius 2 is 1.81 bits per heavy atom. The Morgan fingerprint density at radius 1 is 1.14 bits per heavy atom. The second-order valence-electron chi connectivity index (χ2n) is 5.73. The average molecular weight is 297 g/mol. The molecule has 3 heteroatoms. The largest absolute Gasteiger partial charge is 0.508 e. The van der Waals surface area contributed by atoms with Crippen molar-refractivity contribution in [2.45, 2.75) is 36.8 Å². The standard InChI is InChI=1S/C18H19NOS/c1-13-8-14(10-15(9-13)18(2,3)12-19)11-21-17-6-4-16(20)5-7-17/h4-10,20H,11H2,1-3H3. The van der Waals surface area contributed by atoms with E-state index >= 15 is 0 Å². The zero-order valence-corrected chi connectivity index (χ0v) is 13.4. The number of nitriles is 1. The van der Waals surface area contributed by atoms with Crippen LogP contribution in [0.5, 0.6) is 5.75 Å². The molecule has 0 bridgehead atoms. The third-order valence-electron chi connectivity index (χ3n) is 3.38. The monoisotopic (exact) mass is 297 g/mol. The van der Waals surface area contributed by atoms with E-state index in [1.54, 1.807) is 23.9 Å². The topological polar surface area (TPSA) is 44.0 Å². The van der Waals surface area contributed by atoms with Gasteiger partial charge in [-0.15, -0.1) is 11.8 Å². The quantitative estimate of drug-likeness (QED) is 0.825. The van der Waals surface area contributed by atoms with E-state index in [2.05, 4.69) is 31.2 Å². The van der Waals surface area contributed by atoms with Crippen LogP contribution in [0.25, 0.3) is 0 Å². The number of phenols is 1. The maximum absolute atomic E-state index is 9.29. The summed E-state index contributed by atoms with van der Waals surface area (Å²) in [7, 11) is 0. The fourth-order valence-corrected chi connectivity index (χ4v) is 2.91. The minimum absolute atomic E-state index is 0.285. The van der Waals surface area contributed by atoms with E-state index in [9.17, 15) is 10.4 Å². The SMILES string of the molecule is Cc1cc(CSc2ccc(O)cc2)cc(C(C)(C)C#N)c1.